The molecule has 3 aromatic rings. The number of benzene rings is 3. The van der Waals surface area contributed by atoms with Crippen molar-refractivity contribution < 1.29 is 14.7 Å². The molecule has 0 aliphatic heterocycles. The zero-order chi connectivity index (χ0) is 17.8. The molecule has 3 rings (SSSR count). The van der Waals surface area contributed by atoms with Crippen LogP contribution >= 0.6 is 11.6 Å². The number of ketones is 2. The van der Waals surface area contributed by atoms with E-state index in [4.69, 9.17) is 11.6 Å². The summed E-state index contributed by atoms with van der Waals surface area (Å²) in [6.45, 7) is 0. The normalized spacial score (nSPS) is 11.1. The van der Waals surface area contributed by atoms with E-state index in [2.05, 4.69) is 0 Å². The maximum absolute atomic E-state index is 12.3. The van der Waals surface area contributed by atoms with Gasteiger partial charge in [0, 0.05) is 5.02 Å². The molecule has 0 saturated carbocycles. The molecule has 0 heterocycles. The van der Waals surface area contributed by atoms with Gasteiger partial charge in [0.25, 0.3) is 0 Å². The molecule has 124 valence electrons. The standard InChI is InChI=1S/C21H15ClO3/c22-17-8-5-14(6-9-17)7-10-18(23)13-21(25)19-11-15-3-1-2-4-16(15)12-20(19)24/h1-12,24H,13H2. The van der Waals surface area contributed by atoms with Gasteiger partial charge in [0.1, 0.15) is 5.75 Å². The van der Waals surface area contributed by atoms with Crippen LogP contribution in [0.3, 0.4) is 0 Å². The van der Waals surface area contributed by atoms with Crippen LogP contribution in [0, 0.1) is 0 Å². The molecular weight excluding hydrogens is 336 g/mol. The molecule has 0 aromatic heterocycles. The summed E-state index contributed by atoms with van der Waals surface area (Å²) in [7, 11) is 0. The Kier molecular flexibility index (Phi) is 4.96. The Bertz CT molecular complexity index is 972. The van der Waals surface area contributed by atoms with Crippen molar-refractivity contribution in [1.82, 2.24) is 0 Å². The molecule has 0 atom stereocenters. The largest absolute Gasteiger partial charge is 0.507 e. The van der Waals surface area contributed by atoms with Crippen LogP contribution in [-0.2, 0) is 4.79 Å². The number of hydrogen-bond acceptors (Lipinski definition) is 3. The van der Waals surface area contributed by atoms with E-state index in [1.807, 2.05) is 24.3 Å². The molecular formula is C21H15ClO3. The van der Waals surface area contributed by atoms with E-state index in [0.717, 1.165) is 16.3 Å². The predicted octanol–water partition coefficient (Wildman–Crippen LogP) is 5.05. The molecule has 3 aromatic carbocycles. The molecule has 0 amide bonds. The van der Waals surface area contributed by atoms with Crippen molar-refractivity contribution in [3.05, 3.63) is 82.9 Å². The van der Waals surface area contributed by atoms with Gasteiger partial charge in [-0.2, -0.15) is 0 Å². The van der Waals surface area contributed by atoms with Crippen LogP contribution in [0.1, 0.15) is 22.3 Å². The second kappa shape index (κ2) is 7.32. The number of carbonyl (C=O) groups excluding carboxylic acids is 2. The van der Waals surface area contributed by atoms with Crippen LogP contribution in [0.5, 0.6) is 5.75 Å². The van der Waals surface area contributed by atoms with Gasteiger partial charge in [0.05, 0.1) is 12.0 Å². The first-order valence-electron chi connectivity index (χ1n) is 7.74. The second-order valence-electron chi connectivity index (χ2n) is 5.67. The molecule has 0 spiro atoms. The van der Waals surface area contributed by atoms with Gasteiger partial charge in [-0.1, -0.05) is 54.1 Å². The van der Waals surface area contributed by atoms with E-state index >= 15 is 0 Å². The topological polar surface area (TPSA) is 54.4 Å². The monoisotopic (exact) mass is 350 g/mol. The maximum Gasteiger partial charge on any atom is 0.174 e. The van der Waals surface area contributed by atoms with Gasteiger partial charge in [-0.15, -0.1) is 0 Å². The first-order chi connectivity index (χ1) is 12.0. The third kappa shape index (κ3) is 4.14. The summed E-state index contributed by atoms with van der Waals surface area (Å²) in [6.07, 6.45) is 2.70. The fourth-order valence-electron chi connectivity index (χ4n) is 2.53. The van der Waals surface area contributed by atoms with Crippen molar-refractivity contribution in [2.24, 2.45) is 0 Å². The third-order valence-corrected chi connectivity index (χ3v) is 4.08. The summed E-state index contributed by atoms with van der Waals surface area (Å²) >= 11 is 5.81. The summed E-state index contributed by atoms with van der Waals surface area (Å²) in [4.78, 5) is 24.4. The quantitative estimate of drug-likeness (QED) is 0.398. The Balaban J connectivity index is 1.74. The number of Topliss-reactive ketones (excluding diaryl/α,β-unsaturated/α-hetero) is 1. The fraction of sp³-hybridized carbons (Fsp3) is 0.0476. The smallest absolute Gasteiger partial charge is 0.174 e. The predicted molar refractivity (Wildman–Crippen MR) is 100 cm³/mol. The van der Waals surface area contributed by atoms with Crippen LogP contribution in [0.4, 0.5) is 0 Å². The highest BCUT2D eigenvalue weighted by molar-refractivity contribution is 6.30. The van der Waals surface area contributed by atoms with Gasteiger partial charge in [0.15, 0.2) is 11.6 Å². The lowest BCUT2D eigenvalue weighted by atomic mass is 10.00. The van der Waals surface area contributed by atoms with Crippen molar-refractivity contribution >= 4 is 40.0 Å². The molecule has 0 radical (unpaired) electrons. The number of fused-ring (bicyclic) bond motifs is 1. The van der Waals surface area contributed by atoms with Crippen molar-refractivity contribution in [3.8, 4) is 5.75 Å². The fourth-order valence-corrected chi connectivity index (χ4v) is 2.65. The Morgan fingerprint density at radius 3 is 2.28 bits per heavy atom. The van der Waals surface area contributed by atoms with Crippen molar-refractivity contribution in [1.29, 1.82) is 0 Å². The molecule has 25 heavy (non-hydrogen) atoms. The molecule has 4 heteroatoms. The minimum atomic E-state index is -0.408. The summed E-state index contributed by atoms with van der Waals surface area (Å²) in [5.74, 6) is -0.848. The Labute approximate surface area is 150 Å². The summed E-state index contributed by atoms with van der Waals surface area (Å²) in [5, 5.41) is 12.4. The number of carbonyl (C=O) groups is 2. The zero-order valence-electron chi connectivity index (χ0n) is 13.3. The van der Waals surface area contributed by atoms with Crippen LogP contribution in [0.2, 0.25) is 5.02 Å². The summed E-state index contributed by atoms with van der Waals surface area (Å²) in [6, 6.07) is 17.6. The number of phenols is 1. The van der Waals surface area contributed by atoms with Crippen LogP contribution in [0.15, 0.2) is 66.7 Å². The number of rotatable bonds is 5. The van der Waals surface area contributed by atoms with Gasteiger partial charge in [-0.05, 0) is 46.7 Å². The van der Waals surface area contributed by atoms with E-state index < -0.39 is 5.78 Å². The molecule has 0 fully saturated rings. The second-order valence-corrected chi connectivity index (χ2v) is 6.10. The van der Waals surface area contributed by atoms with E-state index in [1.54, 1.807) is 36.4 Å². The lowest BCUT2D eigenvalue weighted by Crippen LogP contribution is -2.06. The minimum absolute atomic E-state index is 0.113. The van der Waals surface area contributed by atoms with E-state index in [1.165, 1.54) is 12.1 Å². The molecule has 0 aliphatic rings. The first kappa shape index (κ1) is 16.9. The van der Waals surface area contributed by atoms with Gasteiger partial charge in [-0.25, -0.2) is 0 Å². The highest BCUT2D eigenvalue weighted by Crippen LogP contribution is 2.26. The van der Waals surface area contributed by atoms with Crippen LogP contribution < -0.4 is 0 Å². The van der Waals surface area contributed by atoms with Gasteiger partial charge in [-0.3, -0.25) is 9.59 Å². The maximum atomic E-state index is 12.3. The van der Waals surface area contributed by atoms with Crippen molar-refractivity contribution in [3.63, 3.8) is 0 Å². The Morgan fingerprint density at radius 2 is 1.60 bits per heavy atom. The minimum Gasteiger partial charge on any atom is -0.507 e. The lowest BCUT2D eigenvalue weighted by Gasteiger charge is -2.05. The lowest BCUT2D eigenvalue weighted by molar-refractivity contribution is -0.113. The van der Waals surface area contributed by atoms with E-state index in [9.17, 15) is 14.7 Å². The van der Waals surface area contributed by atoms with E-state index in [0.29, 0.717) is 5.02 Å². The Hall–Kier alpha value is -2.91. The van der Waals surface area contributed by atoms with Gasteiger partial charge in [0.2, 0.25) is 0 Å². The number of aromatic hydroxyl groups is 1. The Morgan fingerprint density at radius 1 is 0.960 bits per heavy atom. The van der Waals surface area contributed by atoms with Crippen LogP contribution in [0.25, 0.3) is 16.8 Å². The average molecular weight is 351 g/mol. The SMILES string of the molecule is O=C(C=Cc1ccc(Cl)cc1)CC(=O)c1cc2ccccc2cc1O. The van der Waals surface area contributed by atoms with E-state index in [-0.39, 0.29) is 23.5 Å². The third-order valence-electron chi connectivity index (χ3n) is 3.83. The molecule has 0 aliphatic carbocycles. The molecule has 1 N–H and O–H groups in total. The zero-order valence-corrected chi connectivity index (χ0v) is 14.0. The summed E-state index contributed by atoms with van der Waals surface area (Å²) < 4.78 is 0. The highest BCUT2D eigenvalue weighted by Gasteiger charge is 2.15. The number of hydrogen-bond donors (Lipinski definition) is 1. The molecule has 3 nitrogen and oxygen atoms in total. The average Bonchev–Trinajstić information content (AvgIpc) is 2.60. The first-order valence-corrected chi connectivity index (χ1v) is 8.12. The molecule has 0 bridgehead atoms. The number of phenolic OH excluding ortho intramolecular Hbond substituents is 1. The highest BCUT2D eigenvalue weighted by atomic mass is 35.5. The number of allylic oxidation sites excluding steroid dienone is 1. The van der Waals surface area contributed by atoms with Gasteiger partial charge >= 0.3 is 0 Å². The van der Waals surface area contributed by atoms with Crippen LogP contribution in [-0.4, -0.2) is 16.7 Å². The van der Waals surface area contributed by atoms with Gasteiger partial charge < -0.3 is 5.11 Å². The summed E-state index contributed by atoms with van der Waals surface area (Å²) in [5.41, 5.74) is 0.977. The molecule has 0 unspecified atom stereocenters. The van der Waals surface area contributed by atoms with Crippen molar-refractivity contribution in [2.75, 3.05) is 0 Å². The van der Waals surface area contributed by atoms with Crippen molar-refractivity contribution in [2.45, 2.75) is 6.42 Å². The molecule has 0 saturated heterocycles. The number of halogens is 1.